The van der Waals surface area contributed by atoms with Gasteiger partial charge in [-0.2, -0.15) is 5.10 Å². The van der Waals surface area contributed by atoms with Crippen LogP contribution in [0.3, 0.4) is 0 Å². The molecule has 1 saturated carbocycles. The zero-order valence-corrected chi connectivity index (χ0v) is 11.7. The maximum absolute atomic E-state index is 11.9. The summed E-state index contributed by atoms with van der Waals surface area (Å²) in [5, 5.41) is 7.72. The van der Waals surface area contributed by atoms with Crippen molar-refractivity contribution in [2.24, 2.45) is 5.92 Å². The molecule has 5 heteroatoms. The second kappa shape index (κ2) is 5.74. The van der Waals surface area contributed by atoms with Crippen molar-refractivity contribution in [1.82, 2.24) is 9.78 Å². The van der Waals surface area contributed by atoms with Crippen molar-refractivity contribution in [3.8, 4) is 0 Å². The number of halogens is 1. The molecule has 0 aliphatic heterocycles. The van der Waals surface area contributed by atoms with Gasteiger partial charge in [-0.05, 0) is 25.2 Å². The van der Waals surface area contributed by atoms with Gasteiger partial charge in [0.1, 0.15) is 5.02 Å². The van der Waals surface area contributed by atoms with Gasteiger partial charge < -0.3 is 5.32 Å². The number of anilines is 1. The molecule has 0 spiro atoms. The molecule has 1 aromatic rings. The van der Waals surface area contributed by atoms with Crippen molar-refractivity contribution in [2.75, 3.05) is 5.32 Å². The fraction of sp³-hybridized carbons (Fsp3) is 0.692. The van der Waals surface area contributed by atoms with Gasteiger partial charge in [-0.3, -0.25) is 4.79 Å². The average Bonchev–Trinajstić information content (AvgIpc) is 3.08. The first-order valence-corrected chi connectivity index (χ1v) is 7.07. The van der Waals surface area contributed by atoms with Gasteiger partial charge in [0.05, 0.1) is 11.9 Å². The Morgan fingerprint density at radius 1 is 1.50 bits per heavy atom. The molecular weight excluding hydrogens is 250 g/mol. The van der Waals surface area contributed by atoms with Gasteiger partial charge in [-0.1, -0.05) is 31.9 Å². The number of aryl methyl sites for hydroxylation is 1. The average molecular weight is 270 g/mol. The summed E-state index contributed by atoms with van der Waals surface area (Å²) in [4.78, 5) is 11.9. The Labute approximate surface area is 112 Å². The third-order valence-electron chi connectivity index (χ3n) is 3.34. The van der Waals surface area contributed by atoms with Crippen LogP contribution in [0.15, 0.2) is 11.0 Å². The van der Waals surface area contributed by atoms with Gasteiger partial charge in [0.2, 0.25) is 0 Å². The molecule has 1 N–H and O–H groups in total. The minimum Gasteiger partial charge on any atom is -0.379 e. The van der Waals surface area contributed by atoms with E-state index in [0.717, 1.165) is 12.3 Å². The SMILES string of the molecule is CCCC1CC1Nc1cnn(CCC)c(=O)c1Cl. The molecule has 0 bridgehead atoms. The maximum Gasteiger partial charge on any atom is 0.287 e. The molecule has 1 fully saturated rings. The van der Waals surface area contributed by atoms with Crippen LogP contribution in [0.4, 0.5) is 5.69 Å². The van der Waals surface area contributed by atoms with Crippen LogP contribution in [0.25, 0.3) is 0 Å². The van der Waals surface area contributed by atoms with Gasteiger partial charge in [-0.15, -0.1) is 0 Å². The molecule has 2 unspecified atom stereocenters. The highest BCUT2D eigenvalue weighted by atomic mass is 35.5. The Morgan fingerprint density at radius 3 is 2.94 bits per heavy atom. The lowest BCUT2D eigenvalue weighted by molar-refractivity contribution is 0.568. The molecule has 0 aromatic carbocycles. The first-order chi connectivity index (χ1) is 8.67. The zero-order valence-electron chi connectivity index (χ0n) is 10.9. The number of rotatable bonds is 6. The number of aromatic nitrogens is 2. The number of hydrogen-bond donors (Lipinski definition) is 1. The molecule has 0 amide bonds. The Balaban J connectivity index is 2.06. The normalized spacial score (nSPS) is 21.9. The van der Waals surface area contributed by atoms with E-state index in [0.29, 0.717) is 18.3 Å². The van der Waals surface area contributed by atoms with Crippen LogP contribution < -0.4 is 10.9 Å². The highest BCUT2D eigenvalue weighted by molar-refractivity contribution is 6.32. The molecule has 1 aliphatic carbocycles. The van der Waals surface area contributed by atoms with E-state index in [1.54, 1.807) is 6.20 Å². The van der Waals surface area contributed by atoms with E-state index >= 15 is 0 Å². The maximum atomic E-state index is 11.9. The fourth-order valence-corrected chi connectivity index (χ4v) is 2.45. The van der Waals surface area contributed by atoms with Gasteiger partial charge in [-0.25, -0.2) is 4.68 Å². The molecule has 2 rings (SSSR count). The largest absolute Gasteiger partial charge is 0.379 e. The Kier molecular flexibility index (Phi) is 4.27. The van der Waals surface area contributed by atoms with E-state index < -0.39 is 0 Å². The Bertz CT molecular complexity index is 472. The predicted octanol–water partition coefficient (Wildman–Crippen LogP) is 2.91. The summed E-state index contributed by atoms with van der Waals surface area (Å²) in [6.07, 6.45) is 6.14. The van der Waals surface area contributed by atoms with Crippen LogP contribution in [-0.4, -0.2) is 15.8 Å². The van der Waals surface area contributed by atoms with Gasteiger partial charge in [0, 0.05) is 12.6 Å². The summed E-state index contributed by atoms with van der Waals surface area (Å²) >= 11 is 6.09. The van der Waals surface area contributed by atoms with Crippen molar-refractivity contribution < 1.29 is 0 Å². The molecule has 1 aliphatic rings. The molecule has 0 saturated heterocycles. The van der Waals surface area contributed by atoms with Crippen molar-refractivity contribution in [3.63, 3.8) is 0 Å². The second-order valence-electron chi connectivity index (χ2n) is 4.94. The van der Waals surface area contributed by atoms with Crippen LogP contribution in [0.5, 0.6) is 0 Å². The van der Waals surface area contributed by atoms with E-state index in [-0.39, 0.29) is 10.6 Å². The minimum absolute atomic E-state index is 0.198. The fourth-order valence-electron chi connectivity index (χ4n) is 2.25. The van der Waals surface area contributed by atoms with Crippen LogP contribution in [0.1, 0.15) is 39.5 Å². The summed E-state index contributed by atoms with van der Waals surface area (Å²) < 4.78 is 1.42. The van der Waals surface area contributed by atoms with E-state index in [4.69, 9.17) is 11.6 Å². The van der Waals surface area contributed by atoms with Crippen molar-refractivity contribution >= 4 is 17.3 Å². The van der Waals surface area contributed by atoms with E-state index in [2.05, 4.69) is 17.3 Å². The van der Waals surface area contributed by atoms with E-state index in [9.17, 15) is 4.79 Å². The van der Waals surface area contributed by atoms with Crippen LogP contribution in [0.2, 0.25) is 5.02 Å². The van der Waals surface area contributed by atoms with Crippen LogP contribution in [0, 0.1) is 5.92 Å². The van der Waals surface area contributed by atoms with Crippen molar-refractivity contribution in [3.05, 3.63) is 21.6 Å². The monoisotopic (exact) mass is 269 g/mol. The summed E-state index contributed by atoms with van der Waals surface area (Å²) in [5.74, 6) is 0.726. The van der Waals surface area contributed by atoms with E-state index in [1.165, 1.54) is 23.9 Å². The molecule has 0 radical (unpaired) electrons. The molecule has 100 valence electrons. The summed E-state index contributed by atoms with van der Waals surface area (Å²) in [6, 6.07) is 0.464. The molecule has 1 aromatic heterocycles. The van der Waals surface area contributed by atoms with Crippen molar-refractivity contribution in [2.45, 2.75) is 52.1 Å². The third-order valence-corrected chi connectivity index (χ3v) is 3.71. The van der Waals surface area contributed by atoms with Gasteiger partial charge in [0.15, 0.2) is 0 Å². The molecule has 1 heterocycles. The first kappa shape index (κ1) is 13.4. The second-order valence-corrected chi connectivity index (χ2v) is 5.31. The lowest BCUT2D eigenvalue weighted by atomic mass is 10.2. The van der Waals surface area contributed by atoms with Gasteiger partial charge >= 0.3 is 0 Å². The van der Waals surface area contributed by atoms with Crippen LogP contribution >= 0.6 is 11.6 Å². The summed E-state index contributed by atoms with van der Waals surface area (Å²) in [5.41, 5.74) is 0.480. The highest BCUT2D eigenvalue weighted by Gasteiger charge is 2.36. The smallest absolute Gasteiger partial charge is 0.287 e. The third kappa shape index (κ3) is 2.86. The van der Waals surface area contributed by atoms with E-state index in [1.807, 2.05) is 6.92 Å². The lowest BCUT2D eigenvalue weighted by Gasteiger charge is -2.09. The topological polar surface area (TPSA) is 46.9 Å². The molecule has 2 atom stereocenters. The van der Waals surface area contributed by atoms with Crippen LogP contribution in [-0.2, 0) is 6.54 Å². The summed E-state index contributed by atoms with van der Waals surface area (Å²) in [7, 11) is 0. The van der Waals surface area contributed by atoms with Crippen molar-refractivity contribution in [1.29, 1.82) is 0 Å². The highest BCUT2D eigenvalue weighted by Crippen LogP contribution is 2.37. The summed E-state index contributed by atoms with van der Waals surface area (Å²) in [6.45, 7) is 4.81. The number of nitrogens with one attached hydrogen (secondary N) is 1. The number of nitrogens with zero attached hydrogens (tertiary/aromatic N) is 2. The number of hydrogen-bond acceptors (Lipinski definition) is 3. The molecule has 4 nitrogen and oxygen atoms in total. The minimum atomic E-state index is -0.198. The molecular formula is C13H20ClN3O. The zero-order chi connectivity index (χ0) is 13.1. The molecule has 18 heavy (non-hydrogen) atoms. The standard InChI is InChI=1S/C13H20ClN3O/c1-3-5-9-7-10(9)16-11-8-15-17(6-4-2)13(18)12(11)14/h8-10,16H,3-7H2,1-2H3. The Morgan fingerprint density at radius 2 is 2.28 bits per heavy atom. The van der Waals surface area contributed by atoms with Gasteiger partial charge in [0.25, 0.3) is 5.56 Å². The first-order valence-electron chi connectivity index (χ1n) is 6.69. The Hall–Kier alpha value is -1.03. The quantitative estimate of drug-likeness (QED) is 0.864. The lowest BCUT2D eigenvalue weighted by Crippen LogP contribution is -2.24. The predicted molar refractivity (Wildman–Crippen MR) is 74.2 cm³/mol.